The summed E-state index contributed by atoms with van der Waals surface area (Å²) in [5.41, 5.74) is 2.21. The molecule has 0 unspecified atom stereocenters. The summed E-state index contributed by atoms with van der Waals surface area (Å²) in [6.07, 6.45) is 1.59. The summed E-state index contributed by atoms with van der Waals surface area (Å²) in [5.74, 6) is -0.00207. The van der Waals surface area contributed by atoms with Crippen molar-refractivity contribution >= 4 is 72.4 Å². The van der Waals surface area contributed by atoms with Gasteiger partial charge in [-0.3, -0.25) is 19.3 Å². The van der Waals surface area contributed by atoms with Crippen molar-refractivity contribution in [1.29, 1.82) is 0 Å². The third-order valence-electron chi connectivity index (χ3n) is 5.08. The highest BCUT2D eigenvalue weighted by Gasteiger charge is 2.36. The van der Waals surface area contributed by atoms with Crippen molar-refractivity contribution in [3.8, 4) is 11.5 Å². The predicted molar refractivity (Wildman–Crippen MR) is 147 cm³/mol. The largest absolute Gasteiger partial charge is 0.493 e. The molecule has 0 aliphatic carbocycles. The first-order valence-corrected chi connectivity index (χ1v) is 13.1. The number of nitrogens with zero attached hydrogens (tertiary/aromatic N) is 1. The minimum atomic E-state index is -0.529. The zero-order valence-corrected chi connectivity index (χ0v) is 23.0. The number of hydrogen-bond donors (Lipinski definition) is 1. The van der Waals surface area contributed by atoms with Crippen molar-refractivity contribution in [2.24, 2.45) is 0 Å². The van der Waals surface area contributed by atoms with E-state index in [4.69, 9.17) is 9.47 Å². The molecule has 1 heterocycles. The summed E-state index contributed by atoms with van der Waals surface area (Å²) in [5, 5.41) is 2.17. The van der Waals surface area contributed by atoms with E-state index in [2.05, 4.69) is 37.2 Å². The first-order valence-electron chi connectivity index (χ1n) is 10.7. The van der Waals surface area contributed by atoms with Gasteiger partial charge in [0.1, 0.15) is 13.2 Å². The van der Waals surface area contributed by atoms with Gasteiger partial charge in [0.05, 0.1) is 16.5 Å². The predicted octanol–water partition coefficient (Wildman–Crippen LogP) is 6.47. The number of halogens is 2. The number of amides is 3. The van der Waals surface area contributed by atoms with Crippen molar-refractivity contribution in [2.45, 2.75) is 6.61 Å². The molecule has 10 heteroatoms. The molecule has 1 fully saturated rings. The standard InChI is InChI=1S/C26H20Br2N2O5S/c1-34-21-12-17(11-20(28)24(21)35-15-16-7-9-18(27)10-8-16)13-22-25(32)30(26(33)36-22)14-23(31)29-19-5-3-2-4-6-19/h2-13H,14-15H2,1H3,(H,29,31)/b22-13+. The minimum absolute atomic E-state index is 0.213. The van der Waals surface area contributed by atoms with Crippen molar-refractivity contribution in [1.82, 2.24) is 4.90 Å². The molecule has 1 aliphatic heterocycles. The number of hydrogen-bond acceptors (Lipinski definition) is 6. The van der Waals surface area contributed by atoms with E-state index in [9.17, 15) is 14.4 Å². The molecule has 36 heavy (non-hydrogen) atoms. The zero-order chi connectivity index (χ0) is 25.7. The highest BCUT2D eigenvalue weighted by molar-refractivity contribution is 9.10. The quantitative estimate of drug-likeness (QED) is 0.287. The van der Waals surface area contributed by atoms with Gasteiger partial charge in [0.15, 0.2) is 11.5 Å². The second kappa shape index (κ2) is 11.8. The number of anilines is 1. The Labute approximate surface area is 229 Å². The Bertz CT molecular complexity index is 1330. The number of rotatable bonds is 8. The number of nitrogens with one attached hydrogen (secondary N) is 1. The number of para-hydroxylation sites is 1. The summed E-state index contributed by atoms with van der Waals surface area (Å²) in [4.78, 5) is 38.8. The molecule has 3 amide bonds. The lowest BCUT2D eigenvalue weighted by atomic mass is 10.1. The first kappa shape index (κ1) is 26.0. The topological polar surface area (TPSA) is 84.9 Å². The number of methoxy groups -OCH3 is 1. The maximum Gasteiger partial charge on any atom is 0.294 e. The van der Waals surface area contributed by atoms with Crippen LogP contribution in [-0.2, 0) is 16.2 Å². The Kier molecular flexibility index (Phi) is 8.50. The lowest BCUT2D eigenvalue weighted by Crippen LogP contribution is -2.36. The number of ether oxygens (including phenoxy) is 2. The smallest absolute Gasteiger partial charge is 0.294 e. The van der Waals surface area contributed by atoms with Gasteiger partial charge in [0, 0.05) is 10.2 Å². The average molecular weight is 632 g/mol. The summed E-state index contributed by atoms with van der Waals surface area (Å²) in [6.45, 7) is -0.0295. The van der Waals surface area contributed by atoms with Gasteiger partial charge in [0.25, 0.3) is 11.1 Å². The van der Waals surface area contributed by atoms with E-state index in [0.717, 1.165) is 26.7 Å². The molecule has 0 spiro atoms. The second-order valence-electron chi connectivity index (χ2n) is 7.63. The van der Waals surface area contributed by atoms with Gasteiger partial charge < -0.3 is 14.8 Å². The number of carbonyl (C=O) groups excluding carboxylic acids is 3. The molecule has 1 saturated heterocycles. The van der Waals surface area contributed by atoms with E-state index in [1.54, 1.807) is 42.5 Å². The number of thioether (sulfide) groups is 1. The number of imide groups is 1. The normalized spacial score (nSPS) is 14.3. The number of benzene rings is 3. The van der Waals surface area contributed by atoms with Crippen LogP contribution in [0.25, 0.3) is 6.08 Å². The lowest BCUT2D eigenvalue weighted by Gasteiger charge is -2.14. The molecule has 0 saturated carbocycles. The van der Waals surface area contributed by atoms with E-state index >= 15 is 0 Å². The number of carbonyl (C=O) groups is 3. The molecule has 1 aliphatic rings. The summed E-state index contributed by atoms with van der Waals surface area (Å²) < 4.78 is 13.1. The molecule has 0 bridgehead atoms. The molecule has 0 aromatic heterocycles. The fourth-order valence-corrected chi connectivity index (χ4v) is 5.03. The molecular formula is C26H20Br2N2O5S. The Morgan fingerprint density at radius 1 is 1.06 bits per heavy atom. The fraction of sp³-hybridized carbons (Fsp3) is 0.115. The molecular weight excluding hydrogens is 612 g/mol. The van der Waals surface area contributed by atoms with E-state index in [1.165, 1.54) is 7.11 Å². The van der Waals surface area contributed by atoms with Gasteiger partial charge in [-0.05, 0) is 81.3 Å². The van der Waals surface area contributed by atoms with E-state index in [-0.39, 0.29) is 11.4 Å². The van der Waals surface area contributed by atoms with E-state index in [1.807, 2.05) is 30.3 Å². The van der Waals surface area contributed by atoms with Crippen molar-refractivity contribution < 1.29 is 23.9 Å². The van der Waals surface area contributed by atoms with Gasteiger partial charge in [-0.25, -0.2) is 0 Å². The van der Waals surface area contributed by atoms with Crippen LogP contribution in [0, 0.1) is 0 Å². The third-order valence-corrected chi connectivity index (χ3v) is 7.10. The highest BCUT2D eigenvalue weighted by atomic mass is 79.9. The first-order chi connectivity index (χ1) is 17.3. The fourth-order valence-electron chi connectivity index (χ4n) is 3.35. The minimum Gasteiger partial charge on any atom is -0.493 e. The van der Waals surface area contributed by atoms with Crippen LogP contribution in [0.4, 0.5) is 10.5 Å². The summed E-state index contributed by atoms with van der Waals surface area (Å²) in [7, 11) is 1.53. The maximum atomic E-state index is 12.9. The highest BCUT2D eigenvalue weighted by Crippen LogP contribution is 2.39. The molecule has 4 rings (SSSR count). The molecule has 0 radical (unpaired) electrons. The summed E-state index contributed by atoms with van der Waals surface area (Å²) >= 11 is 7.71. The average Bonchev–Trinajstić information content (AvgIpc) is 3.12. The second-order valence-corrected chi connectivity index (χ2v) is 10.4. The Balaban J connectivity index is 1.47. The molecule has 184 valence electrons. The van der Waals surface area contributed by atoms with Gasteiger partial charge in [-0.2, -0.15) is 0 Å². The SMILES string of the molecule is COc1cc(/C=C2/SC(=O)N(CC(=O)Nc3ccccc3)C2=O)cc(Br)c1OCc1ccc(Br)cc1. The maximum absolute atomic E-state index is 12.9. The Hall–Kier alpha value is -3.08. The van der Waals surface area contributed by atoms with E-state index in [0.29, 0.717) is 33.8 Å². The van der Waals surface area contributed by atoms with Gasteiger partial charge >= 0.3 is 0 Å². The molecule has 1 N–H and O–H groups in total. The third kappa shape index (κ3) is 6.37. The van der Waals surface area contributed by atoms with Crippen molar-refractivity contribution in [3.63, 3.8) is 0 Å². The van der Waals surface area contributed by atoms with Crippen LogP contribution in [0.15, 0.2) is 80.6 Å². The van der Waals surface area contributed by atoms with Crippen LogP contribution in [0.1, 0.15) is 11.1 Å². The van der Waals surface area contributed by atoms with Crippen LogP contribution in [0.3, 0.4) is 0 Å². The molecule has 7 nitrogen and oxygen atoms in total. The van der Waals surface area contributed by atoms with E-state index < -0.39 is 17.1 Å². The van der Waals surface area contributed by atoms with Crippen LogP contribution < -0.4 is 14.8 Å². The van der Waals surface area contributed by atoms with Crippen molar-refractivity contribution in [3.05, 3.63) is 91.7 Å². The molecule has 3 aromatic carbocycles. The molecule has 3 aromatic rings. The van der Waals surface area contributed by atoms with Gasteiger partial charge in [-0.15, -0.1) is 0 Å². The Morgan fingerprint density at radius 2 is 1.78 bits per heavy atom. The van der Waals surface area contributed by atoms with Crippen molar-refractivity contribution in [2.75, 3.05) is 19.0 Å². The van der Waals surface area contributed by atoms with Crippen LogP contribution in [0.5, 0.6) is 11.5 Å². The van der Waals surface area contributed by atoms with Crippen LogP contribution in [0.2, 0.25) is 0 Å². The zero-order valence-electron chi connectivity index (χ0n) is 19.0. The van der Waals surface area contributed by atoms with Crippen LogP contribution >= 0.6 is 43.6 Å². The lowest BCUT2D eigenvalue weighted by molar-refractivity contribution is -0.127. The van der Waals surface area contributed by atoms with Crippen LogP contribution in [-0.4, -0.2) is 35.6 Å². The van der Waals surface area contributed by atoms with Gasteiger partial charge in [-0.1, -0.05) is 46.3 Å². The summed E-state index contributed by atoms with van der Waals surface area (Å²) in [6, 6.07) is 20.1. The Morgan fingerprint density at radius 3 is 2.47 bits per heavy atom. The molecule has 0 atom stereocenters. The monoisotopic (exact) mass is 630 g/mol. The van der Waals surface area contributed by atoms with Gasteiger partial charge in [0.2, 0.25) is 5.91 Å².